The fraction of sp³-hybridized carbons (Fsp3) is 0.545. The lowest BCUT2D eigenvalue weighted by Gasteiger charge is -2.34. The van der Waals surface area contributed by atoms with Crippen LogP contribution in [0.4, 0.5) is 0 Å². The van der Waals surface area contributed by atoms with Crippen LogP contribution in [-0.2, 0) is 27.8 Å². The molecule has 1 aromatic carbocycles. The van der Waals surface area contributed by atoms with Crippen molar-refractivity contribution in [2.24, 2.45) is 5.92 Å². The van der Waals surface area contributed by atoms with Gasteiger partial charge in [-0.15, -0.1) is 0 Å². The second-order valence-corrected chi connectivity index (χ2v) is 10.8. The molecule has 0 saturated carbocycles. The van der Waals surface area contributed by atoms with Crippen molar-refractivity contribution >= 4 is 27.5 Å². The molecule has 7 nitrogen and oxygen atoms in total. The summed E-state index contributed by atoms with van der Waals surface area (Å²) in [5, 5.41) is 4.83. The SMILES string of the molecule is Cc1nn(CC(C)C)c(C)c1CCC(=O)N1CCN(S(=O)(=O)c2ccccc2Cl)CC1. The first-order valence-electron chi connectivity index (χ1n) is 10.7. The third-order valence-electron chi connectivity index (χ3n) is 5.70. The lowest BCUT2D eigenvalue weighted by Crippen LogP contribution is -2.50. The third-order valence-corrected chi connectivity index (χ3v) is 8.10. The molecular weight excluding hydrogens is 436 g/mol. The largest absolute Gasteiger partial charge is 0.340 e. The summed E-state index contributed by atoms with van der Waals surface area (Å²) >= 11 is 6.08. The van der Waals surface area contributed by atoms with Gasteiger partial charge in [0.1, 0.15) is 4.90 Å². The predicted molar refractivity (Wildman–Crippen MR) is 122 cm³/mol. The Hall–Kier alpha value is -1.90. The highest BCUT2D eigenvalue weighted by Crippen LogP contribution is 2.25. The van der Waals surface area contributed by atoms with Crippen molar-refractivity contribution in [2.45, 2.75) is 52.0 Å². The lowest BCUT2D eigenvalue weighted by atomic mass is 10.1. The summed E-state index contributed by atoms with van der Waals surface area (Å²) in [6, 6.07) is 6.45. The molecule has 0 N–H and O–H groups in total. The maximum absolute atomic E-state index is 12.9. The van der Waals surface area contributed by atoms with E-state index in [0.717, 1.165) is 23.5 Å². The maximum Gasteiger partial charge on any atom is 0.244 e. The summed E-state index contributed by atoms with van der Waals surface area (Å²) in [4.78, 5) is 14.6. The first-order valence-corrected chi connectivity index (χ1v) is 12.5. The summed E-state index contributed by atoms with van der Waals surface area (Å²) in [5.41, 5.74) is 3.23. The van der Waals surface area contributed by atoms with E-state index in [1.165, 1.54) is 10.4 Å². The van der Waals surface area contributed by atoms with Gasteiger partial charge in [-0.2, -0.15) is 9.40 Å². The second kappa shape index (κ2) is 9.71. The van der Waals surface area contributed by atoms with Crippen LogP contribution in [0.25, 0.3) is 0 Å². The number of nitrogens with zero attached hydrogens (tertiary/aromatic N) is 4. The van der Waals surface area contributed by atoms with Gasteiger partial charge in [0.15, 0.2) is 0 Å². The van der Waals surface area contributed by atoms with Gasteiger partial charge in [0, 0.05) is 44.8 Å². The number of aromatic nitrogens is 2. The molecule has 1 aromatic heterocycles. The van der Waals surface area contributed by atoms with E-state index in [1.54, 1.807) is 23.1 Å². The summed E-state index contributed by atoms with van der Waals surface area (Å²) in [6.07, 6.45) is 1.04. The zero-order valence-electron chi connectivity index (χ0n) is 18.6. The van der Waals surface area contributed by atoms with Crippen LogP contribution >= 0.6 is 11.6 Å². The molecule has 0 bridgehead atoms. The molecule has 170 valence electrons. The van der Waals surface area contributed by atoms with E-state index in [1.807, 2.05) is 11.6 Å². The van der Waals surface area contributed by atoms with Crippen LogP contribution in [0.3, 0.4) is 0 Å². The summed E-state index contributed by atoms with van der Waals surface area (Å²) < 4.78 is 29.2. The van der Waals surface area contributed by atoms with Crippen LogP contribution in [0.15, 0.2) is 29.2 Å². The number of piperazine rings is 1. The molecule has 1 saturated heterocycles. The van der Waals surface area contributed by atoms with Crippen molar-refractivity contribution in [3.8, 4) is 0 Å². The standard InChI is InChI=1S/C22H31ClN4O3S/c1-16(2)15-27-18(4)19(17(3)24-27)9-10-22(28)25-11-13-26(14-12-25)31(29,30)21-8-6-5-7-20(21)23/h5-8,16H,9-15H2,1-4H3. The quantitative estimate of drug-likeness (QED) is 0.627. The molecule has 1 fully saturated rings. The molecular formula is C22H31ClN4O3S. The van der Waals surface area contributed by atoms with E-state index >= 15 is 0 Å². The monoisotopic (exact) mass is 466 g/mol. The number of hydrogen-bond donors (Lipinski definition) is 0. The van der Waals surface area contributed by atoms with Gasteiger partial charge in [0.05, 0.1) is 10.7 Å². The van der Waals surface area contributed by atoms with Crippen molar-refractivity contribution in [3.05, 3.63) is 46.2 Å². The van der Waals surface area contributed by atoms with Gasteiger partial charge in [-0.1, -0.05) is 37.6 Å². The Bertz CT molecular complexity index is 1040. The molecule has 1 aliphatic rings. The molecule has 2 aromatic rings. The van der Waals surface area contributed by atoms with Gasteiger partial charge in [-0.3, -0.25) is 9.48 Å². The van der Waals surface area contributed by atoms with Crippen molar-refractivity contribution in [1.82, 2.24) is 19.0 Å². The van der Waals surface area contributed by atoms with Gasteiger partial charge in [-0.25, -0.2) is 8.42 Å². The normalized spacial score (nSPS) is 15.6. The third kappa shape index (κ3) is 5.30. The Kier molecular flexibility index (Phi) is 7.44. The average Bonchev–Trinajstić information content (AvgIpc) is 2.98. The second-order valence-electron chi connectivity index (χ2n) is 8.44. The first-order chi connectivity index (χ1) is 14.6. The smallest absolute Gasteiger partial charge is 0.244 e. The Morgan fingerprint density at radius 3 is 2.39 bits per heavy atom. The number of sulfonamides is 1. The molecule has 0 atom stereocenters. The van der Waals surface area contributed by atoms with Gasteiger partial charge in [0.2, 0.25) is 15.9 Å². The Balaban J connectivity index is 1.58. The highest BCUT2D eigenvalue weighted by Gasteiger charge is 2.31. The number of benzene rings is 1. The average molecular weight is 467 g/mol. The molecule has 0 unspecified atom stereocenters. The molecule has 1 amide bonds. The van der Waals surface area contributed by atoms with E-state index in [-0.39, 0.29) is 28.9 Å². The minimum atomic E-state index is -3.66. The van der Waals surface area contributed by atoms with E-state index in [2.05, 4.69) is 25.9 Å². The number of aryl methyl sites for hydroxylation is 1. The Morgan fingerprint density at radius 1 is 1.13 bits per heavy atom. The fourth-order valence-corrected chi connectivity index (χ4v) is 5.90. The molecule has 0 spiro atoms. The zero-order chi connectivity index (χ0) is 22.8. The minimum Gasteiger partial charge on any atom is -0.340 e. The molecule has 0 radical (unpaired) electrons. The van der Waals surface area contributed by atoms with Crippen LogP contribution in [0, 0.1) is 19.8 Å². The minimum absolute atomic E-state index is 0.0465. The van der Waals surface area contributed by atoms with Crippen molar-refractivity contribution < 1.29 is 13.2 Å². The van der Waals surface area contributed by atoms with Crippen molar-refractivity contribution in [2.75, 3.05) is 26.2 Å². The van der Waals surface area contributed by atoms with E-state index < -0.39 is 10.0 Å². The number of carbonyl (C=O) groups excluding carboxylic acids is 1. The summed E-state index contributed by atoms with van der Waals surface area (Å²) in [5.74, 6) is 0.552. The molecule has 31 heavy (non-hydrogen) atoms. The lowest BCUT2D eigenvalue weighted by molar-refractivity contribution is -0.132. The van der Waals surface area contributed by atoms with Crippen LogP contribution in [0.5, 0.6) is 0 Å². The summed E-state index contributed by atoms with van der Waals surface area (Å²) in [7, 11) is -3.66. The highest BCUT2D eigenvalue weighted by molar-refractivity contribution is 7.89. The topological polar surface area (TPSA) is 75.5 Å². The maximum atomic E-state index is 12.9. The molecule has 1 aliphatic heterocycles. The summed E-state index contributed by atoms with van der Waals surface area (Å²) in [6.45, 7) is 10.5. The molecule has 9 heteroatoms. The zero-order valence-corrected chi connectivity index (χ0v) is 20.2. The number of amides is 1. The number of carbonyl (C=O) groups is 1. The van der Waals surface area contributed by atoms with Crippen LogP contribution in [0.2, 0.25) is 5.02 Å². The molecule has 3 rings (SSSR count). The molecule has 0 aliphatic carbocycles. The Labute approximate surface area is 190 Å². The predicted octanol–water partition coefficient (Wildman–Crippen LogP) is 3.28. The van der Waals surface area contributed by atoms with Gasteiger partial charge in [-0.05, 0) is 43.9 Å². The van der Waals surface area contributed by atoms with Crippen molar-refractivity contribution in [1.29, 1.82) is 0 Å². The molecule has 2 heterocycles. The van der Waals surface area contributed by atoms with Crippen LogP contribution in [0.1, 0.15) is 37.2 Å². The first kappa shape index (κ1) is 23.8. The number of halogens is 1. The highest BCUT2D eigenvalue weighted by atomic mass is 35.5. The fourth-order valence-electron chi connectivity index (χ4n) is 3.98. The van der Waals surface area contributed by atoms with Crippen molar-refractivity contribution in [3.63, 3.8) is 0 Å². The van der Waals surface area contributed by atoms with Gasteiger partial charge >= 0.3 is 0 Å². The van der Waals surface area contributed by atoms with Crippen LogP contribution in [-0.4, -0.2) is 59.5 Å². The van der Waals surface area contributed by atoms with Gasteiger partial charge in [0.25, 0.3) is 0 Å². The number of hydrogen-bond acceptors (Lipinski definition) is 4. The van der Waals surface area contributed by atoms with E-state index in [0.29, 0.717) is 31.8 Å². The van der Waals surface area contributed by atoms with E-state index in [9.17, 15) is 13.2 Å². The number of rotatable bonds is 7. The van der Waals surface area contributed by atoms with Crippen LogP contribution < -0.4 is 0 Å². The van der Waals surface area contributed by atoms with Gasteiger partial charge < -0.3 is 4.90 Å². The van der Waals surface area contributed by atoms with E-state index in [4.69, 9.17) is 11.6 Å². The Morgan fingerprint density at radius 2 is 1.77 bits per heavy atom.